The number of alkyl halides is 2. The summed E-state index contributed by atoms with van der Waals surface area (Å²) >= 11 is 1.60. The summed E-state index contributed by atoms with van der Waals surface area (Å²) in [5.41, 5.74) is 4.13. The minimum absolute atomic E-state index is 0.0924. The highest BCUT2D eigenvalue weighted by Crippen LogP contribution is 2.35. The molecule has 0 amide bonds. The van der Waals surface area contributed by atoms with Crippen molar-refractivity contribution in [1.29, 1.82) is 0 Å². The largest absolute Gasteiger partial charge is 0.321 e. The Kier molecular flexibility index (Phi) is 5.27. The predicted octanol–water partition coefficient (Wildman–Crippen LogP) is 5.67. The van der Waals surface area contributed by atoms with Gasteiger partial charge in [-0.25, -0.2) is 23.1 Å². The second-order valence-corrected chi connectivity index (χ2v) is 10.2. The standard InChI is InChI=1S/C26H19F3N8S/c27-20-19-17(11-32-21(20)15-8-14(9-30-10-15)12-37-6-4-26(28,29)13-37)35-36-23(19)25-33-22-16(18-2-1-7-38-18)3-5-31-24(22)34-25/h1-3,5,7-11H,4,6,12-13H2,(H,35,36)(H,31,33,34). The molecule has 0 bridgehead atoms. The highest BCUT2D eigenvalue weighted by molar-refractivity contribution is 7.13. The summed E-state index contributed by atoms with van der Waals surface area (Å²) in [4.78, 5) is 23.5. The van der Waals surface area contributed by atoms with Crippen LogP contribution in [0.3, 0.4) is 0 Å². The smallest absolute Gasteiger partial charge is 0.261 e. The molecule has 0 unspecified atom stereocenters. The van der Waals surface area contributed by atoms with Gasteiger partial charge in [0.15, 0.2) is 17.3 Å². The molecule has 0 aliphatic carbocycles. The molecule has 0 aromatic carbocycles. The fourth-order valence-electron chi connectivity index (χ4n) is 4.90. The molecule has 1 aliphatic rings. The Morgan fingerprint density at radius 3 is 2.84 bits per heavy atom. The Morgan fingerprint density at radius 1 is 1.11 bits per heavy atom. The molecule has 1 saturated heterocycles. The number of nitrogens with zero attached hydrogens (tertiary/aromatic N) is 6. The number of imidazole rings is 1. The molecule has 6 aromatic heterocycles. The Labute approximate surface area is 217 Å². The topological polar surface area (TPSA) is 99.3 Å². The maximum absolute atomic E-state index is 16.0. The summed E-state index contributed by atoms with van der Waals surface area (Å²) in [5.74, 6) is -2.89. The third-order valence-corrected chi connectivity index (χ3v) is 7.57. The van der Waals surface area contributed by atoms with Crippen molar-refractivity contribution in [3.05, 3.63) is 65.8 Å². The predicted molar refractivity (Wildman–Crippen MR) is 138 cm³/mol. The van der Waals surface area contributed by atoms with Gasteiger partial charge >= 0.3 is 0 Å². The summed E-state index contributed by atoms with van der Waals surface area (Å²) in [6.45, 7) is 0.305. The van der Waals surface area contributed by atoms with E-state index in [4.69, 9.17) is 4.98 Å². The van der Waals surface area contributed by atoms with E-state index < -0.39 is 11.7 Å². The number of H-pyrrole nitrogens is 2. The van der Waals surface area contributed by atoms with E-state index in [2.05, 4.69) is 30.1 Å². The van der Waals surface area contributed by atoms with E-state index in [1.807, 2.05) is 23.6 Å². The van der Waals surface area contributed by atoms with Crippen LogP contribution in [0.4, 0.5) is 13.2 Å². The fourth-order valence-corrected chi connectivity index (χ4v) is 5.66. The van der Waals surface area contributed by atoms with Gasteiger partial charge in [-0.15, -0.1) is 11.3 Å². The van der Waals surface area contributed by atoms with E-state index in [9.17, 15) is 8.78 Å². The molecule has 6 aromatic rings. The SMILES string of the molecule is Fc1c(-c2cncc(CN3CCC(F)(F)C3)c2)ncc2[nH]nc(-c3nc4c(-c5cccs5)ccnc4[nH]3)c12. The van der Waals surface area contributed by atoms with Gasteiger partial charge < -0.3 is 4.98 Å². The average molecular weight is 533 g/mol. The molecule has 0 saturated carbocycles. The molecule has 0 radical (unpaired) electrons. The zero-order valence-corrected chi connectivity index (χ0v) is 20.6. The van der Waals surface area contributed by atoms with Crippen molar-refractivity contribution in [2.24, 2.45) is 0 Å². The van der Waals surface area contributed by atoms with Gasteiger partial charge in [0.25, 0.3) is 5.92 Å². The van der Waals surface area contributed by atoms with Crippen molar-refractivity contribution in [3.8, 4) is 33.2 Å². The highest BCUT2D eigenvalue weighted by atomic mass is 32.1. The van der Waals surface area contributed by atoms with Crippen molar-refractivity contribution >= 4 is 33.4 Å². The number of pyridine rings is 3. The first-order valence-electron chi connectivity index (χ1n) is 11.9. The van der Waals surface area contributed by atoms with Gasteiger partial charge in [0.2, 0.25) is 0 Å². The average Bonchev–Trinajstić information content (AvgIpc) is 3.70. The van der Waals surface area contributed by atoms with E-state index >= 15 is 4.39 Å². The number of thiophene rings is 1. The molecule has 7 heterocycles. The minimum atomic E-state index is -2.68. The van der Waals surface area contributed by atoms with Crippen molar-refractivity contribution in [2.45, 2.75) is 18.9 Å². The first-order valence-corrected chi connectivity index (χ1v) is 12.8. The number of fused-ring (bicyclic) bond motifs is 2. The number of halogens is 3. The summed E-state index contributed by atoms with van der Waals surface area (Å²) in [6.07, 6.45) is 6.16. The van der Waals surface area contributed by atoms with E-state index in [1.54, 1.807) is 34.7 Å². The molecule has 12 heteroatoms. The molecule has 190 valence electrons. The number of rotatable bonds is 5. The van der Waals surface area contributed by atoms with Crippen LogP contribution in [0.5, 0.6) is 0 Å². The summed E-state index contributed by atoms with van der Waals surface area (Å²) < 4.78 is 43.2. The van der Waals surface area contributed by atoms with Crippen molar-refractivity contribution in [1.82, 2.24) is 40.0 Å². The monoisotopic (exact) mass is 532 g/mol. The summed E-state index contributed by atoms with van der Waals surface area (Å²) in [6, 6.07) is 7.61. The van der Waals surface area contributed by atoms with Crippen LogP contribution < -0.4 is 0 Å². The van der Waals surface area contributed by atoms with Crippen LogP contribution in [0, 0.1) is 5.82 Å². The zero-order chi connectivity index (χ0) is 25.9. The minimum Gasteiger partial charge on any atom is -0.321 e. The fraction of sp³-hybridized carbons (Fsp3) is 0.192. The van der Waals surface area contributed by atoms with Crippen molar-refractivity contribution in [2.75, 3.05) is 13.1 Å². The van der Waals surface area contributed by atoms with Crippen molar-refractivity contribution in [3.63, 3.8) is 0 Å². The van der Waals surface area contributed by atoms with Crippen LogP contribution in [0.1, 0.15) is 12.0 Å². The zero-order valence-electron chi connectivity index (χ0n) is 19.8. The lowest BCUT2D eigenvalue weighted by atomic mass is 10.1. The molecule has 1 aliphatic heterocycles. The molecule has 0 atom stereocenters. The second kappa shape index (κ2) is 8.71. The number of nitrogens with one attached hydrogen (secondary N) is 2. The number of hydrogen-bond acceptors (Lipinski definition) is 7. The van der Waals surface area contributed by atoms with E-state index in [0.29, 0.717) is 52.4 Å². The number of likely N-dealkylation sites (tertiary alicyclic amines) is 1. The molecule has 7 rings (SSSR count). The quantitative estimate of drug-likeness (QED) is 0.297. The van der Waals surface area contributed by atoms with Crippen molar-refractivity contribution < 1.29 is 13.2 Å². The first kappa shape index (κ1) is 23.0. The summed E-state index contributed by atoms with van der Waals surface area (Å²) in [7, 11) is 0. The highest BCUT2D eigenvalue weighted by Gasteiger charge is 2.38. The Balaban J connectivity index is 1.28. The molecule has 1 fully saturated rings. The summed E-state index contributed by atoms with van der Waals surface area (Å²) in [5, 5.41) is 9.39. The van der Waals surface area contributed by atoms with Crippen LogP contribution >= 0.6 is 11.3 Å². The van der Waals surface area contributed by atoms with Crippen LogP contribution in [0.25, 0.3) is 55.3 Å². The number of aromatic amines is 2. The first-order chi connectivity index (χ1) is 18.4. The van der Waals surface area contributed by atoms with Gasteiger partial charge in [0.05, 0.1) is 23.6 Å². The van der Waals surface area contributed by atoms with Gasteiger partial charge in [0, 0.05) is 54.1 Å². The maximum Gasteiger partial charge on any atom is 0.261 e. The van der Waals surface area contributed by atoms with Gasteiger partial charge in [0.1, 0.15) is 16.9 Å². The maximum atomic E-state index is 16.0. The van der Waals surface area contributed by atoms with Crippen LogP contribution in [0.2, 0.25) is 0 Å². The molecule has 38 heavy (non-hydrogen) atoms. The lowest BCUT2D eigenvalue weighted by molar-refractivity contribution is 0.0115. The molecule has 0 spiro atoms. The van der Waals surface area contributed by atoms with E-state index in [1.165, 1.54) is 12.4 Å². The third-order valence-electron chi connectivity index (χ3n) is 6.66. The molecule has 2 N–H and O–H groups in total. The molecular weight excluding hydrogens is 513 g/mol. The van der Waals surface area contributed by atoms with Gasteiger partial charge in [-0.05, 0) is 29.1 Å². The lowest BCUT2D eigenvalue weighted by Gasteiger charge is -2.15. The Bertz CT molecular complexity index is 1790. The third kappa shape index (κ3) is 3.92. The van der Waals surface area contributed by atoms with Crippen LogP contribution in [0.15, 0.2) is 54.4 Å². The Morgan fingerprint density at radius 2 is 2.03 bits per heavy atom. The van der Waals surface area contributed by atoms with Gasteiger partial charge in [-0.2, -0.15) is 5.10 Å². The van der Waals surface area contributed by atoms with E-state index in [0.717, 1.165) is 10.4 Å². The normalized spacial score (nSPS) is 15.7. The molecular formula is C26H19F3N8S. The van der Waals surface area contributed by atoms with Crippen LogP contribution in [-0.4, -0.2) is 59.0 Å². The van der Waals surface area contributed by atoms with Gasteiger partial charge in [-0.1, -0.05) is 6.07 Å². The Hall–Kier alpha value is -4.16. The number of aromatic nitrogens is 7. The second-order valence-electron chi connectivity index (χ2n) is 9.30. The van der Waals surface area contributed by atoms with Crippen LogP contribution in [-0.2, 0) is 6.54 Å². The van der Waals surface area contributed by atoms with E-state index in [-0.39, 0.29) is 24.0 Å². The van der Waals surface area contributed by atoms with Gasteiger partial charge in [-0.3, -0.25) is 20.0 Å². The lowest BCUT2D eigenvalue weighted by Crippen LogP contribution is -2.24. The molecule has 8 nitrogen and oxygen atoms in total. The number of hydrogen-bond donors (Lipinski definition) is 2.